The Balaban J connectivity index is 1.97. The van der Waals surface area contributed by atoms with E-state index in [9.17, 15) is 9.59 Å². The van der Waals surface area contributed by atoms with E-state index in [0.717, 1.165) is 5.56 Å². The largest absolute Gasteiger partial charge is 0.478 e. The number of carboxylic acid groups (broad SMARTS) is 1. The van der Waals surface area contributed by atoms with Crippen molar-refractivity contribution in [2.75, 3.05) is 5.32 Å². The van der Waals surface area contributed by atoms with Crippen molar-refractivity contribution >= 4 is 33.6 Å². The molecule has 2 rings (SSSR count). The second-order valence-electron chi connectivity index (χ2n) is 3.91. The molecule has 8 heteroatoms. The number of carboxylic acids is 1. The maximum atomic E-state index is 11.7. The standard InChI is InChI=1S/C12H11BrN4O3/c13-10-2-1-8(3-9(10)11(18)19)17-12(20)14-4-7-5-15-16-6-7/h1-3,5-6H,4H2,(H,15,16)(H,18,19)(H2,14,17,20). The molecule has 1 aromatic carbocycles. The molecular formula is C12H11BrN4O3. The number of urea groups is 1. The average molecular weight is 339 g/mol. The zero-order chi connectivity index (χ0) is 14.5. The molecule has 0 fully saturated rings. The Morgan fingerprint density at radius 1 is 1.40 bits per heavy atom. The minimum atomic E-state index is -1.07. The van der Waals surface area contributed by atoms with Gasteiger partial charge in [-0.1, -0.05) is 0 Å². The number of H-pyrrole nitrogens is 1. The van der Waals surface area contributed by atoms with Gasteiger partial charge in [0.2, 0.25) is 0 Å². The van der Waals surface area contributed by atoms with Crippen LogP contribution in [0, 0.1) is 0 Å². The lowest BCUT2D eigenvalue weighted by Crippen LogP contribution is -2.28. The monoisotopic (exact) mass is 338 g/mol. The fraction of sp³-hybridized carbons (Fsp3) is 0.0833. The van der Waals surface area contributed by atoms with E-state index in [1.807, 2.05) is 0 Å². The van der Waals surface area contributed by atoms with Crippen LogP contribution in [-0.4, -0.2) is 27.3 Å². The van der Waals surface area contributed by atoms with Gasteiger partial charge < -0.3 is 15.7 Å². The van der Waals surface area contributed by atoms with Gasteiger partial charge in [-0.3, -0.25) is 5.10 Å². The van der Waals surface area contributed by atoms with E-state index < -0.39 is 12.0 Å². The van der Waals surface area contributed by atoms with Gasteiger partial charge in [-0.25, -0.2) is 9.59 Å². The van der Waals surface area contributed by atoms with Crippen LogP contribution >= 0.6 is 15.9 Å². The first-order valence-electron chi connectivity index (χ1n) is 5.61. The van der Waals surface area contributed by atoms with Crippen LogP contribution in [0.4, 0.5) is 10.5 Å². The number of aromatic carboxylic acids is 1. The highest BCUT2D eigenvalue weighted by atomic mass is 79.9. The number of aromatic nitrogens is 2. The molecule has 2 aromatic rings. The summed E-state index contributed by atoms with van der Waals surface area (Å²) in [5.74, 6) is -1.07. The van der Waals surface area contributed by atoms with Gasteiger partial charge in [-0.2, -0.15) is 5.10 Å². The maximum absolute atomic E-state index is 11.7. The van der Waals surface area contributed by atoms with Crippen LogP contribution < -0.4 is 10.6 Å². The molecule has 0 aliphatic carbocycles. The van der Waals surface area contributed by atoms with Crippen molar-refractivity contribution in [1.82, 2.24) is 15.5 Å². The number of halogens is 1. The summed E-state index contributed by atoms with van der Waals surface area (Å²) in [5.41, 5.74) is 1.31. The van der Waals surface area contributed by atoms with Gasteiger partial charge in [0.1, 0.15) is 0 Å². The summed E-state index contributed by atoms with van der Waals surface area (Å²) in [6.45, 7) is 0.324. The zero-order valence-corrected chi connectivity index (χ0v) is 11.8. The number of nitrogens with zero attached hydrogens (tertiary/aromatic N) is 1. The van der Waals surface area contributed by atoms with Crippen LogP contribution in [0.5, 0.6) is 0 Å². The fourth-order valence-corrected chi connectivity index (χ4v) is 1.92. The smallest absolute Gasteiger partial charge is 0.336 e. The highest BCUT2D eigenvalue weighted by Gasteiger charge is 2.10. The highest BCUT2D eigenvalue weighted by molar-refractivity contribution is 9.10. The maximum Gasteiger partial charge on any atom is 0.336 e. The van der Waals surface area contributed by atoms with E-state index in [-0.39, 0.29) is 5.56 Å². The van der Waals surface area contributed by atoms with Gasteiger partial charge in [-0.15, -0.1) is 0 Å². The Morgan fingerprint density at radius 2 is 2.20 bits per heavy atom. The average Bonchev–Trinajstić information content (AvgIpc) is 2.91. The Bertz CT molecular complexity index is 628. The van der Waals surface area contributed by atoms with E-state index >= 15 is 0 Å². The summed E-state index contributed by atoms with van der Waals surface area (Å²) >= 11 is 3.13. The van der Waals surface area contributed by atoms with Crippen LogP contribution in [0.1, 0.15) is 15.9 Å². The number of amides is 2. The molecule has 0 saturated carbocycles. The lowest BCUT2D eigenvalue weighted by Gasteiger charge is -2.08. The molecule has 4 N–H and O–H groups in total. The predicted molar refractivity (Wildman–Crippen MR) is 75.5 cm³/mol. The number of anilines is 1. The molecule has 0 spiro atoms. The number of carbonyl (C=O) groups is 2. The summed E-state index contributed by atoms with van der Waals surface area (Å²) < 4.78 is 0.453. The number of carbonyl (C=O) groups excluding carboxylic acids is 1. The zero-order valence-electron chi connectivity index (χ0n) is 10.2. The number of hydrogen-bond donors (Lipinski definition) is 4. The minimum Gasteiger partial charge on any atom is -0.478 e. The lowest BCUT2D eigenvalue weighted by molar-refractivity contribution is 0.0696. The van der Waals surface area contributed by atoms with E-state index in [2.05, 4.69) is 36.8 Å². The summed E-state index contributed by atoms with van der Waals surface area (Å²) in [7, 11) is 0. The van der Waals surface area contributed by atoms with Crippen LogP contribution in [-0.2, 0) is 6.54 Å². The lowest BCUT2D eigenvalue weighted by atomic mass is 10.2. The van der Waals surface area contributed by atoms with Crippen molar-refractivity contribution in [2.45, 2.75) is 6.54 Å². The van der Waals surface area contributed by atoms with Gasteiger partial charge in [0, 0.05) is 28.5 Å². The Morgan fingerprint density at radius 3 is 2.85 bits per heavy atom. The van der Waals surface area contributed by atoms with E-state index in [1.165, 1.54) is 6.07 Å². The molecule has 104 valence electrons. The van der Waals surface area contributed by atoms with Gasteiger partial charge >= 0.3 is 12.0 Å². The van der Waals surface area contributed by atoms with Gasteiger partial charge in [0.05, 0.1) is 11.8 Å². The van der Waals surface area contributed by atoms with Crippen molar-refractivity contribution in [3.05, 3.63) is 46.2 Å². The topological polar surface area (TPSA) is 107 Å². The van der Waals surface area contributed by atoms with Crippen molar-refractivity contribution in [2.24, 2.45) is 0 Å². The Kier molecular flexibility index (Phi) is 4.36. The first-order chi connectivity index (χ1) is 9.56. The molecule has 2 amide bonds. The molecular weight excluding hydrogens is 328 g/mol. The molecule has 0 aliphatic heterocycles. The van der Waals surface area contributed by atoms with Crippen molar-refractivity contribution in [1.29, 1.82) is 0 Å². The molecule has 7 nitrogen and oxygen atoms in total. The Hall–Kier alpha value is -2.35. The summed E-state index contributed by atoms with van der Waals surface area (Å²) in [6.07, 6.45) is 3.27. The van der Waals surface area contributed by atoms with Crippen LogP contribution in [0.3, 0.4) is 0 Å². The third-order valence-corrected chi connectivity index (χ3v) is 3.15. The van der Waals surface area contributed by atoms with Crippen molar-refractivity contribution in [3.63, 3.8) is 0 Å². The first kappa shape index (κ1) is 14.1. The molecule has 20 heavy (non-hydrogen) atoms. The van der Waals surface area contributed by atoms with E-state index in [4.69, 9.17) is 5.11 Å². The van der Waals surface area contributed by atoms with E-state index in [0.29, 0.717) is 16.7 Å². The first-order valence-corrected chi connectivity index (χ1v) is 6.41. The second kappa shape index (κ2) is 6.20. The summed E-state index contributed by atoms with van der Waals surface area (Å²) in [5, 5.41) is 20.6. The number of aromatic amines is 1. The normalized spacial score (nSPS) is 10.1. The Labute approximate surface area is 122 Å². The van der Waals surface area contributed by atoms with E-state index in [1.54, 1.807) is 24.5 Å². The molecule has 0 aliphatic rings. The van der Waals surface area contributed by atoms with Gasteiger partial charge in [0.25, 0.3) is 0 Å². The molecule has 0 atom stereocenters. The van der Waals surface area contributed by atoms with Crippen molar-refractivity contribution < 1.29 is 14.7 Å². The number of benzene rings is 1. The van der Waals surface area contributed by atoms with Crippen LogP contribution in [0.25, 0.3) is 0 Å². The van der Waals surface area contributed by atoms with Gasteiger partial charge in [-0.05, 0) is 34.1 Å². The number of hydrogen-bond acceptors (Lipinski definition) is 3. The summed E-state index contributed by atoms with van der Waals surface area (Å²) in [4.78, 5) is 22.6. The van der Waals surface area contributed by atoms with Gasteiger partial charge in [0.15, 0.2) is 0 Å². The molecule has 1 heterocycles. The molecule has 0 bridgehead atoms. The second-order valence-corrected chi connectivity index (χ2v) is 4.77. The fourth-order valence-electron chi connectivity index (χ4n) is 1.50. The molecule has 0 unspecified atom stereocenters. The highest BCUT2D eigenvalue weighted by Crippen LogP contribution is 2.21. The van der Waals surface area contributed by atoms with Crippen LogP contribution in [0.2, 0.25) is 0 Å². The quantitative estimate of drug-likeness (QED) is 0.685. The molecule has 0 saturated heterocycles. The predicted octanol–water partition coefficient (Wildman–Crippen LogP) is 2.19. The summed E-state index contributed by atoms with van der Waals surface area (Å²) in [6, 6.07) is 4.12. The third-order valence-electron chi connectivity index (χ3n) is 2.46. The molecule has 0 radical (unpaired) electrons. The number of nitrogens with one attached hydrogen (secondary N) is 3. The third kappa shape index (κ3) is 3.58. The van der Waals surface area contributed by atoms with Crippen LogP contribution in [0.15, 0.2) is 35.1 Å². The van der Waals surface area contributed by atoms with Crippen molar-refractivity contribution in [3.8, 4) is 0 Å². The molecule has 1 aromatic heterocycles. The number of rotatable bonds is 4. The SMILES string of the molecule is O=C(NCc1cn[nH]c1)Nc1ccc(Br)c(C(=O)O)c1. The minimum absolute atomic E-state index is 0.0811.